The molecule has 1 aromatic carbocycles. The molecular weight excluding hydrogens is 244 g/mol. The Hall–Kier alpha value is -1.68. The number of carbonyl (C=O) groups is 1. The number of rotatable bonds is 5. The third kappa shape index (κ3) is 3.40. The minimum Gasteiger partial charge on any atom is -0.321 e. The summed E-state index contributed by atoms with van der Waals surface area (Å²) in [4.78, 5) is 11.8. The molecule has 3 nitrogen and oxygen atoms in total. The van der Waals surface area contributed by atoms with Crippen LogP contribution in [0.3, 0.4) is 0 Å². The van der Waals surface area contributed by atoms with Crippen molar-refractivity contribution in [1.29, 1.82) is 0 Å². The van der Waals surface area contributed by atoms with Gasteiger partial charge < -0.3 is 5.32 Å². The number of aryl methyl sites for hydroxylation is 1. The molecule has 0 bridgehead atoms. The van der Waals surface area contributed by atoms with Gasteiger partial charge in [0.1, 0.15) is 5.69 Å². The van der Waals surface area contributed by atoms with Gasteiger partial charge in [-0.3, -0.25) is 4.79 Å². The smallest absolute Gasteiger partial charge is 0.275 e. The van der Waals surface area contributed by atoms with Gasteiger partial charge in [-0.2, -0.15) is 4.37 Å². The van der Waals surface area contributed by atoms with Crippen LogP contribution >= 0.6 is 11.5 Å². The van der Waals surface area contributed by atoms with Crippen LogP contribution in [-0.4, -0.2) is 10.3 Å². The van der Waals surface area contributed by atoms with Crippen LogP contribution in [0.15, 0.2) is 35.7 Å². The molecule has 0 saturated carbocycles. The first-order chi connectivity index (χ1) is 8.79. The number of nitrogens with one attached hydrogen (secondary N) is 1. The van der Waals surface area contributed by atoms with Gasteiger partial charge in [-0.05, 0) is 48.1 Å². The average Bonchev–Trinajstić information content (AvgIpc) is 2.92. The Labute approximate surface area is 111 Å². The molecule has 0 aliphatic rings. The molecule has 0 atom stereocenters. The second kappa shape index (κ2) is 6.31. The molecule has 1 N–H and O–H groups in total. The summed E-state index contributed by atoms with van der Waals surface area (Å²) in [5, 5.41) is 4.63. The van der Waals surface area contributed by atoms with E-state index in [-0.39, 0.29) is 5.91 Å². The lowest BCUT2D eigenvalue weighted by molar-refractivity contribution is 0.102. The molecule has 0 aliphatic heterocycles. The van der Waals surface area contributed by atoms with Crippen LogP contribution in [-0.2, 0) is 6.42 Å². The van der Waals surface area contributed by atoms with Crippen LogP contribution in [0.25, 0.3) is 0 Å². The predicted octanol–water partition coefficient (Wildman–Crippen LogP) is 3.74. The van der Waals surface area contributed by atoms with Crippen molar-refractivity contribution in [3.63, 3.8) is 0 Å². The van der Waals surface area contributed by atoms with Gasteiger partial charge in [0.2, 0.25) is 0 Å². The van der Waals surface area contributed by atoms with Crippen molar-refractivity contribution in [2.75, 3.05) is 5.32 Å². The van der Waals surface area contributed by atoms with Gasteiger partial charge in [0, 0.05) is 11.1 Å². The monoisotopic (exact) mass is 260 g/mol. The van der Waals surface area contributed by atoms with Crippen LogP contribution in [0.4, 0.5) is 5.69 Å². The Morgan fingerprint density at radius 1 is 1.28 bits per heavy atom. The Bertz CT molecular complexity index is 491. The van der Waals surface area contributed by atoms with E-state index in [1.54, 1.807) is 11.4 Å². The topological polar surface area (TPSA) is 42.0 Å². The second-order valence-electron chi connectivity index (χ2n) is 4.14. The Morgan fingerprint density at radius 2 is 2.06 bits per heavy atom. The van der Waals surface area contributed by atoms with Crippen molar-refractivity contribution in [1.82, 2.24) is 4.37 Å². The summed E-state index contributed by atoms with van der Waals surface area (Å²) in [6, 6.07) is 9.72. The van der Waals surface area contributed by atoms with Crippen LogP contribution < -0.4 is 5.32 Å². The molecule has 0 fully saturated rings. The molecule has 1 heterocycles. The van der Waals surface area contributed by atoms with Crippen LogP contribution in [0.2, 0.25) is 0 Å². The van der Waals surface area contributed by atoms with Crippen molar-refractivity contribution < 1.29 is 4.79 Å². The minimum atomic E-state index is -0.155. The van der Waals surface area contributed by atoms with Crippen molar-refractivity contribution in [2.24, 2.45) is 0 Å². The minimum absolute atomic E-state index is 0.155. The fraction of sp³-hybridized carbons (Fsp3) is 0.286. The lowest BCUT2D eigenvalue weighted by Crippen LogP contribution is -2.11. The van der Waals surface area contributed by atoms with Gasteiger partial charge in [0.25, 0.3) is 5.91 Å². The van der Waals surface area contributed by atoms with Gasteiger partial charge in [-0.1, -0.05) is 25.5 Å². The van der Waals surface area contributed by atoms with Gasteiger partial charge in [0.05, 0.1) is 0 Å². The molecule has 94 valence electrons. The highest BCUT2D eigenvalue weighted by Crippen LogP contribution is 2.13. The van der Waals surface area contributed by atoms with E-state index in [1.807, 2.05) is 12.1 Å². The number of anilines is 1. The average molecular weight is 260 g/mol. The molecule has 4 heteroatoms. The molecular formula is C14H16N2OS. The SMILES string of the molecule is CCCCc1ccc(NC(=O)c2ccsn2)cc1. The summed E-state index contributed by atoms with van der Waals surface area (Å²) >= 11 is 1.28. The molecule has 2 rings (SSSR count). The normalized spacial score (nSPS) is 10.3. The molecule has 1 amide bonds. The molecule has 0 spiro atoms. The summed E-state index contributed by atoms with van der Waals surface area (Å²) in [6.07, 6.45) is 3.49. The molecule has 2 aromatic rings. The van der Waals surface area contributed by atoms with E-state index in [1.165, 1.54) is 29.9 Å². The van der Waals surface area contributed by atoms with Crippen LogP contribution in [0.1, 0.15) is 35.8 Å². The van der Waals surface area contributed by atoms with E-state index >= 15 is 0 Å². The lowest BCUT2D eigenvalue weighted by Gasteiger charge is -2.05. The first-order valence-electron chi connectivity index (χ1n) is 6.10. The zero-order valence-electron chi connectivity index (χ0n) is 10.3. The summed E-state index contributed by atoms with van der Waals surface area (Å²) in [5.41, 5.74) is 2.59. The number of aromatic nitrogens is 1. The first-order valence-corrected chi connectivity index (χ1v) is 6.94. The maximum absolute atomic E-state index is 11.8. The number of amides is 1. The maximum atomic E-state index is 11.8. The van der Waals surface area contributed by atoms with E-state index in [2.05, 4.69) is 28.7 Å². The van der Waals surface area contributed by atoms with E-state index in [9.17, 15) is 4.79 Å². The third-order valence-corrected chi connectivity index (χ3v) is 3.26. The fourth-order valence-corrected chi connectivity index (χ4v) is 2.17. The highest BCUT2D eigenvalue weighted by molar-refractivity contribution is 7.03. The van der Waals surface area contributed by atoms with Gasteiger partial charge in [-0.15, -0.1) is 0 Å². The predicted molar refractivity (Wildman–Crippen MR) is 75.1 cm³/mol. The molecule has 0 radical (unpaired) electrons. The second-order valence-corrected chi connectivity index (χ2v) is 4.80. The quantitative estimate of drug-likeness (QED) is 0.889. The number of carbonyl (C=O) groups excluding carboxylic acids is 1. The highest BCUT2D eigenvalue weighted by atomic mass is 32.1. The van der Waals surface area contributed by atoms with E-state index < -0.39 is 0 Å². The first kappa shape index (κ1) is 12.8. The zero-order valence-corrected chi connectivity index (χ0v) is 11.2. The number of hydrogen-bond donors (Lipinski definition) is 1. The lowest BCUT2D eigenvalue weighted by atomic mass is 10.1. The number of benzene rings is 1. The fourth-order valence-electron chi connectivity index (χ4n) is 1.66. The van der Waals surface area contributed by atoms with Crippen molar-refractivity contribution in [3.8, 4) is 0 Å². The largest absolute Gasteiger partial charge is 0.321 e. The molecule has 18 heavy (non-hydrogen) atoms. The summed E-state index contributed by atoms with van der Waals surface area (Å²) < 4.78 is 4.00. The standard InChI is InChI=1S/C14H16N2OS/c1-2-3-4-11-5-7-12(8-6-11)15-14(17)13-9-10-18-16-13/h5-10H,2-4H2,1H3,(H,15,17). The number of hydrogen-bond acceptors (Lipinski definition) is 3. The summed E-state index contributed by atoms with van der Waals surface area (Å²) in [6.45, 7) is 2.18. The maximum Gasteiger partial charge on any atom is 0.275 e. The van der Waals surface area contributed by atoms with Gasteiger partial charge in [0.15, 0.2) is 0 Å². The van der Waals surface area contributed by atoms with E-state index in [0.29, 0.717) is 5.69 Å². The third-order valence-electron chi connectivity index (χ3n) is 2.70. The van der Waals surface area contributed by atoms with Crippen molar-refractivity contribution in [3.05, 3.63) is 47.0 Å². The molecule has 0 aliphatic carbocycles. The van der Waals surface area contributed by atoms with Gasteiger partial charge >= 0.3 is 0 Å². The van der Waals surface area contributed by atoms with Crippen molar-refractivity contribution >= 4 is 23.1 Å². The molecule has 1 aromatic heterocycles. The van der Waals surface area contributed by atoms with E-state index in [4.69, 9.17) is 0 Å². The van der Waals surface area contributed by atoms with Gasteiger partial charge in [-0.25, -0.2) is 0 Å². The number of nitrogens with zero attached hydrogens (tertiary/aromatic N) is 1. The summed E-state index contributed by atoms with van der Waals surface area (Å²) in [5.74, 6) is -0.155. The van der Waals surface area contributed by atoms with Crippen molar-refractivity contribution in [2.45, 2.75) is 26.2 Å². The zero-order chi connectivity index (χ0) is 12.8. The van der Waals surface area contributed by atoms with Crippen LogP contribution in [0, 0.1) is 0 Å². The molecule has 0 saturated heterocycles. The highest BCUT2D eigenvalue weighted by Gasteiger charge is 2.07. The van der Waals surface area contributed by atoms with E-state index in [0.717, 1.165) is 12.1 Å². The van der Waals surface area contributed by atoms with Crippen LogP contribution in [0.5, 0.6) is 0 Å². The number of unbranched alkanes of at least 4 members (excludes halogenated alkanes) is 1. The Kier molecular flexibility index (Phi) is 4.47. The Morgan fingerprint density at radius 3 is 2.67 bits per heavy atom. The summed E-state index contributed by atoms with van der Waals surface area (Å²) in [7, 11) is 0. The molecule has 0 unspecified atom stereocenters. The Balaban J connectivity index is 1.96.